The second-order valence-corrected chi connectivity index (χ2v) is 4.20. The molecule has 0 fully saturated rings. The Morgan fingerprint density at radius 2 is 1.88 bits per heavy atom. The van der Waals surface area contributed by atoms with E-state index in [1.165, 1.54) is 6.08 Å². The minimum Gasteiger partial charge on any atom is -0.512 e. The predicted molar refractivity (Wildman–Crippen MR) is 65.3 cm³/mol. The minimum atomic E-state index is -1.67. The second kappa shape index (κ2) is 4.18. The third kappa shape index (κ3) is 1.78. The van der Waals surface area contributed by atoms with Crippen LogP contribution in [0.2, 0.25) is 0 Å². The third-order valence-corrected chi connectivity index (χ3v) is 3.22. The zero-order chi connectivity index (χ0) is 12.5. The number of rotatable bonds is 2. The van der Waals surface area contributed by atoms with E-state index in [1.807, 2.05) is 30.3 Å². The average molecular weight is 230 g/mol. The van der Waals surface area contributed by atoms with E-state index in [-0.39, 0.29) is 5.76 Å². The summed E-state index contributed by atoms with van der Waals surface area (Å²) in [5.41, 5.74) is -0.378. The summed E-state index contributed by atoms with van der Waals surface area (Å²) in [6.07, 6.45) is 3.59. The smallest absolute Gasteiger partial charge is 0.156 e. The number of carbonyl (C=O) groups is 1. The van der Waals surface area contributed by atoms with Gasteiger partial charge in [0.05, 0.1) is 11.7 Å². The Hall–Kier alpha value is -1.87. The first-order valence-electron chi connectivity index (χ1n) is 5.45. The van der Waals surface area contributed by atoms with Gasteiger partial charge in [-0.15, -0.1) is 0 Å². The average Bonchev–Trinajstić information content (AvgIpc) is 2.37. The first kappa shape index (κ1) is 11.6. The van der Waals surface area contributed by atoms with Crippen LogP contribution in [0, 0.1) is 5.92 Å². The van der Waals surface area contributed by atoms with Crippen molar-refractivity contribution in [3.63, 3.8) is 0 Å². The molecule has 0 aromatic heterocycles. The Balaban J connectivity index is 2.55. The lowest BCUT2D eigenvalue weighted by Crippen LogP contribution is -2.42. The zero-order valence-corrected chi connectivity index (χ0v) is 9.50. The standard InChI is InChI=1S/C14H14O3/c1-10-13(16)8-7-12(14(10,17)9-15)11-5-3-2-4-6-11/h2-10,16-17H,1H3. The molecular formula is C14H14O3. The Kier molecular flexibility index (Phi) is 2.86. The molecule has 0 saturated carbocycles. The van der Waals surface area contributed by atoms with Gasteiger partial charge in [-0.05, 0) is 17.2 Å². The van der Waals surface area contributed by atoms with Crippen LogP contribution in [0.1, 0.15) is 12.5 Å². The van der Waals surface area contributed by atoms with Crippen molar-refractivity contribution in [2.24, 2.45) is 5.92 Å². The van der Waals surface area contributed by atoms with E-state index < -0.39 is 11.5 Å². The van der Waals surface area contributed by atoms with Crippen molar-refractivity contribution in [3.05, 3.63) is 53.8 Å². The Morgan fingerprint density at radius 1 is 1.24 bits per heavy atom. The number of aliphatic hydroxyl groups excluding tert-OH is 1. The van der Waals surface area contributed by atoms with Gasteiger partial charge in [0.15, 0.2) is 11.9 Å². The van der Waals surface area contributed by atoms with Crippen molar-refractivity contribution < 1.29 is 15.0 Å². The van der Waals surface area contributed by atoms with Gasteiger partial charge in [0.2, 0.25) is 0 Å². The third-order valence-electron chi connectivity index (χ3n) is 3.22. The molecule has 1 aromatic carbocycles. The highest BCUT2D eigenvalue weighted by molar-refractivity contribution is 5.90. The van der Waals surface area contributed by atoms with E-state index in [1.54, 1.807) is 13.0 Å². The number of hydrogen-bond acceptors (Lipinski definition) is 3. The largest absolute Gasteiger partial charge is 0.512 e. The summed E-state index contributed by atoms with van der Waals surface area (Å²) >= 11 is 0. The lowest BCUT2D eigenvalue weighted by atomic mass is 9.76. The lowest BCUT2D eigenvalue weighted by molar-refractivity contribution is -0.122. The van der Waals surface area contributed by atoms with Crippen LogP contribution < -0.4 is 0 Å². The first-order chi connectivity index (χ1) is 8.09. The maximum absolute atomic E-state index is 11.2. The molecule has 0 radical (unpaired) electrons. The van der Waals surface area contributed by atoms with Gasteiger partial charge < -0.3 is 10.2 Å². The predicted octanol–water partition coefficient (Wildman–Crippen LogP) is 2.09. The summed E-state index contributed by atoms with van der Waals surface area (Å²) in [4.78, 5) is 11.2. The summed E-state index contributed by atoms with van der Waals surface area (Å²) in [5.74, 6) is -0.625. The van der Waals surface area contributed by atoms with Crippen molar-refractivity contribution in [1.29, 1.82) is 0 Å². The molecule has 3 nitrogen and oxygen atoms in total. The molecule has 2 atom stereocenters. The monoisotopic (exact) mass is 230 g/mol. The van der Waals surface area contributed by atoms with E-state index >= 15 is 0 Å². The fourth-order valence-electron chi connectivity index (χ4n) is 2.02. The summed E-state index contributed by atoms with van der Waals surface area (Å²) in [6, 6.07) is 9.19. The van der Waals surface area contributed by atoms with Gasteiger partial charge in [0.25, 0.3) is 0 Å². The number of aldehydes is 1. The topological polar surface area (TPSA) is 57.5 Å². The molecule has 0 heterocycles. The van der Waals surface area contributed by atoms with Gasteiger partial charge in [-0.3, -0.25) is 4.79 Å². The minimum absolute atomic E-state index is 0.0132. The summed E-state index contributed by atoms with van der Waals surface area (Å²) < 4.78 is 0. The summed E-state index contributed by atoms with van der Waals surface area (Å²) in [6.45, 7) is 1.62. The van der Waals surface area contributed by atoms with Crippen LogP contribution in [0.3, 0.4) is 0 Å². The van der Waals surface area contributed by atoms with Gasteiger partial charge in [-0.1, -0.05) is 43.3 Å². The van der Waals surface area contributed by atoms with Crippen LogP contribution in [0.4, 0.5) is 0 Å². The van der Waals surface area contributed by atoms with Crippen molar-refractivity contribution in [3.8, 4) is 0 Å². The van der Waals surface area contributed by atoms with Crippen molar-refractivity contribution in [2.45, 2.75) is 12.5 Å². The number of hydrogen-bond donors (Lipinski definition) is 2. The molecule has 2 N–H and O–H groups in total. The molecule has 88 valence electrons. The molecule has 17 heavy (non-hydrogen) atoms. The highest BCUT2D eigenvalue weighted by atomic mass is 16.3. The summed E-state index contributed by atoms with van der Waals surface area (Å²) in [5, 5.41) is 20.0. The van der Waals surface area contributed by atoms with Crippen LogP contribution in [-0.2, 0) is 4.79 Å². The van der Waals surface area contributed by atoms with Crippen LogP contribution >= 0.6 is 0 Å². The normalized spacial score (nSPS) is 28.2. The number of benzene rings is 1. The molecule has 1 aliphatic rings. The maximum atomic E-state index is 11.2. The highest BCUT2D eigenvalue weighted by Gasteiger charge is 2.42. The molecule has 0 amide bonds. The zero-order valence-electron chi connectivity index (χ0n) is 9.50. The molecule has 0 spiro atoms. The number of carbonyl (C=O) groups excluding carboxylic acids is 1. The van der Waals surface area contributed by atoms with Crippen LogP contribution in [0.5, 0.6) is 0 Å². The second-order valence-electron chi connectivity index (χ2n) is 4.20. The lowest BCUT2D eigenvalue weighted by Gasteiger charge is -2.33. The van der Waals surface area contributed by atoms with Crippen molar-refractivity contribution in [2.75, 3.05) is 0 Å². The van der Waals surface area contributed by atoms with Gasteiger partial charge in [0.1, 0.15) is 0 Å². The van der Waals surface area contributed by atoms with E-state index in [4.69, 9.17) is 0 Å². The SMILES string of the molecule is CC1C(O)=CC=C(c2ccccc2)C1(O)C=O. The van der Waals surface area contributed by atoms with Crippen molar-refractivity contribution in [1.82, 2.24) is 0 Å². The van der Waals surface area contributed by atoms with Crippen LogP contribution in [0.25, 0.3) is 5.57 Å². The molecule has 3 heteroatoms. The molecule has 1 aliphatic carbocycles. The summed E-state index contributed by atoms with van der Waals surface area (Å²) in [7, 11) is 0. The van der Waals surface area contributed by atoms with E-state index in [9.17, 15) is 15.0 Å². The van der Waals surface area contributed by atoms with Crippen LogP contribution in [-0.4, -0.2) is 22.1 Å². The molecule has 0 aliphatic heterocycles. The van der Waals surface area contributed by atoms with E-state index in [0.717, 1.165) is 5.56 Å². The Labute approximate surface area is 99.7 Å². The first-order valence-corrected chi connectivity index (χ1v) is 5.45. The highest BCUT2D eigenvalue weighted by Crippen LogP contribution is 2.38. The fraction of sp³-hybridized carbons (Fsp3) is 0.214. The van der Waals surface area contributed by atoms with Gasteiger partial charge >= 0.3 is 0 Å². The fourth-order valence-corrected chi connectivity index (χ4v) is 2.02. The van der Waals surface area contributed by atoms with Crippen molar-refractivity contribution >= 4 is 11.9 Å². The van der Waals surface area contributed by atoms with Gasteiger partial charge in [0, 0.05) is 0 Å². The maximum Gasteiger partial charge on any atom is 0.156 e. The molecule has 1 aromatic rings. The number of aliphatic hydroxyl groups is 2. The van der Waals surface area contributed by atoms with Crippen LogP contribution in [0.15, 0.2) is 48.2 Å². The Bertz CT molecular complexity index is 487. The van der Waals surface area contributed by atoms with Gasteiger partial charge in [-0.2, -0.15) is 0 Å². The molecule has 2 rings (SSSR count). The quantitative estimate of drug-likeness (QED) is 0.765. The molecular weight excluding hydrogens is 216 g/mol. The van der Waals surface area contributed by atoms with E-state index in [2.05, 4.69) is 0 Å². The molecule has 0 bridgehead atoms. The molecule has 0 saturated heterocycles. The number of allylic oxidation sites excluding steroid dienone is 2. The van der Waals surface area contributed by atoms with Gasteiger partial charge in [-0.25, -0.2) is 0 Å². The molecule has 2 unspecified atom stereocenters. The Morgan fingerprint density at radius 3 is 2.47 bits per heavy atom. The van der Waals surface area contributed by atoms with E-state index in [0.29, 0.717) is 11.9 Å².